The molecule has 0 aromatic rings. The van der Waals surface area contributed by atoms with Gasteiger partial charge in [-0.1, -0.05) is 23.8 Å². The maximum Gasteiger partial charge on any atom is 0.230 e. The molecule has 0 saturated heterocycles. The van der Waals surface area contributed by atoms with Gasteiger partial charge in [-0.3, -0.25) is 14.9 Å². The van der Waals surface area contributed by atoms with Gasteiger partial charge in [0.05, 0.1) is 11.3 Å². The molecular weight excluding hydrogens is 218 g/mol. The summed E-state index contributed by atoms with van der Waals surface area (Å²) in [5, 5.41) is 11.4. The number of rotatable bonds is 2. The SMILES string of the molecule is O=C1CC1C12C=C(Cl)C=CC1C2[N+](=O)[O-]. The van der Waals surface area contributed by atoms with Crippen molar-refractivity contribution in [3.8, 4) is 0 Å². The lowest BCUT2D eigenvalue weighted by Gasteiger charge is -2.09. The molecule has 0 bridgehead atoms. The van der Waals surface area contributed by atoms with Gasteiger partial charge in [0.25, 0.3) is 0 Å². The van der Waals surface area contributed by atoms with Gasteiger partial charge in [0.15, 0.2) is 0 Å². The van der Waals surface area contributed by atoms with E-state index in [0.717, 1.165) is 0 Å². The van der Waals surface area contributed by atoms with Crippen LogP contribution >= 0.6 is 11.6 Å². The van der Waals surface area contributed by atoms with Crippen molar-refractivity contribution in [1.29, 1.82) is 0 Å². The topological polar surface area (TPSA) is 60.2 Å². The van der Waals surface area contributed by atoms with Crippen LogP contribution in [0.15, 0.2) is 23.3 Å². The number of nitro groups is 1. The summed E-state index contributed by atoms with van der Waals surface area (Å²) in [6.45, 7) is 0. The third-order valence-electron chi connectivity index (χ3n) is 3.64. The van der Waals surface area contributed by atoms with E-state index in [2.05, 4.69) is 0 Å². The molecule has 0 aromatic heterocycles. The lowest BCUT2D eigenvalue weighted by molar-refractivity contribution is -0.503. The molecule has 0 radical (unpaired) electrons. The summed E-state index contributed by atoms with van der Waals surface area (Å²) in [7, 11) is 0. The van der Waals surface area contributed by atoms with E-state index in [4.69, 9.17) is 11.6 Å². The number of hydrogen-bond donors (Lipinski definition) is 0. The number of nitrogens with zero attached hydrogens (tertiary/aromatic N) is 1. The van der Waals surface area contributed by atoms with Gasteiger partial charge in [-0.15, -0.1) is 0 Å². The molecular formula is C10H8ClNO3. The van der Waals surface area contributed by atoms with E-state index in [1.54, 1.807) is 18.2 Å². The van der Waals surface area contributed by atoms with Crippen molar-refractivity contribution in [3.05, 3.63) is 33.4 Å². The van der Waals surface area contributed by atoms with E-state index < -0.39 is 11.5 Å². The first-order chi connectivity index (χ1) is 7.07. The van der Waals surface area contributed by atoms with E-state index in [1.165, 1.54) is 0 Å². The van der Waals surface area contributed by atoms with Gasteiger partial charge < -0.3 is 0 Å². The summed E-state index contributed by atoms with van der Waals surface area (Å²) in [6, 6.07) is -0.651. The first kappa shape index (κ1) is 9.09. The normalized spacial score (nSPS) is 45.8. The second kappa shape index (κ2) is 2.50. The third kappa shape index (κ3) is 1.00. The fourth-order valence-electron chi connectivity index (χ4n) is 2.82. The zero-order chi connectivity index (χ0) is 10.8. The molecule has 0 aromatic carbocycles. The molecule has 4 nitrogen and oxygen atoms in total. The monoisotopic (exact) mass is 225 g/mol. The van der Waals surface area contributed by atoms with Crippen LogP contribution in [-0.4, -0.2) is 16.7 Å². The number of carbonyl (C=O) groups is 1. The molecule has 5 heteroatoms. The van der Waals surface area contributed by atoms with E-state index in [0.29, 0.717) is 11.5 Å². The predicted octanol–water partition coefficient (Wildman–Crippen LogP) is 1.53. The van der Waals surface area contributed by atoms with Crippen LogP contribution in [0.1, 0.15) is 6.42 Å². The van der Waals surface area contributed by atoms with Gasteiger partial charge in [-0.25, -0.2) is 0 Å². The van der Waals surface area contributed by atoms with Gasteiger partial charge in [0.2, 0.25) is 6.04 Å². The highest BCUT2D eigenvalue weighted by Crippen LogP contribution is 2.68. The highest BCUT2D eigenvalue weighted by atomic mass is 35.5. The number of carbonyl (C=O) groups excluding carboxylic acids is 1. The van der Waals surface area contributed by atoms with Crippen LogP contribution in [-0.2, 0) is 4.79 Å². The van der Waals surface area contributed by atoms with Crippen molar-refractivity contribution in [2.24, 2.45) is 17.3 Å². The van der Waals surface area contributed by atoms with Gasteiger partial charge >= 0.3 is 0 Å². The smallest absolute Gasteiger partial charge is 0.230 e. The number of halogens is 1. The van der Waals surface area contributed by atoms with Crippen LogP contribution in [0, 0.1) is 27.4 Å². The molecule has 3 rings (SSSR count). The van der Waals surface area contributed by atoms with Gasteiger partial charge in [0, 0.05) is 22.3 Å². The Balaban J connectivity index is 2.01. The minimum absolute atomic E-state index is 0.125. The van der Waals surface area contributed by atoms with E-state index in [1.807, 2.05) is 0 Å². The zero-order valence-electron chi connectivity index (χ0n) is 7.72. The van der Waals surface area contributed by atoms with Crippen LogP contribution < -0.4 is 0 Å². The van der Waals surface area contributed by atoms with Gasteiger partial charge in [-0.05, 0) is 6.08 Å². The summed E-state index contributed by atoms with van der Waals surface area (Å²) in [6.07, 6.45) is 5.62. The molecule has 2 saturated carbocycles. The molecule has 0 amide bonds. The summed E-state index contributed by atoms with van der Waals surface area (Å²) in [4.78, 5) is 21.8. The lowest BCUT2D eigenvalue weighted by atomic mass is 9.93. The highest BCUT2D eigenvalue weighted by Gasteiger charge is 2.79. The molecule has 15 heavy (non-hydrogen) atoms. The van der Waals surface area contributed by atoms with Crippen molar-refractivity contribution < 1.29 is 9.72 Å². The number of hydrogen-bond acceptors (Lipinski definition) is 3. The number of fused-ring (bicyclic) bond motifs is 1. The molecule has 78 valence electrons. The Morgan fingerprint density at radius 1 is 1.60 bits per heavy atom. The number of Topliss-reactive ketones (excluding diaryl/α,β-unsaturated/α-hetero) is 1. The Morgan fingerprint density at radius 3 is 2.80 bits per heavy atom. The van der Waals surface area contributed by atoms with Crippen molar-refractivity contribution >= 4 is 17.4 Å². The second-order valence-electron chi connectivity index (χ2n) is 4.37. The maximum atomic E-state index is 11.2. The van der Waals surface area contributed by atoms with E-state index in [9.17, 15) is 14.9 Å². The van der Waals surface area contributed by atoms with Crippen LogP contribution in [0.2, 0.25) is 0 Å². The van der Waals surface area contributed by atoms with Crippen molar-refractivity contribution in [2.45, 2.75) is 12.5 Å². The largest absolute Gasteiger partial charge is 0.299 e. The molecule has 3 aliphatic carbocycles. The molecule has 0 aliphatic heterocycles. The minimum Gasteiger partial charge on any atom is -0.299 e. The van der Waals surface area contributed by atoms with E-state index >= 15 is 0 Å². The number of allylic oxidation sites excluding steroid dienone is 2. The lowest BCUT2D eigenvalue weighted by Crippen LogP contribution is -2.15. The highest BCUT2D eigenvalue weighted by molar-refractivity contribution is 6.31. The Bertz CT molecular complexity index is 442. The summed E-state index contributed by atoms with van der Waals surface area (Å²) >= 11 is 5.86. The molecule has 0 heterocycles. The summed E-state index contributed by atoms with van der Waals surface area (Å²) < 4.78 is 0. The van der Waals surface area contributed by atoms with Crippen molar-refractivity contribution in [1.82, 2.24) is 0 Å². The standard InChI is InChI=1S/C10H8ClNO3/c11-5-1-2-6-9(12(14)15)10(6,4-5)7-3-8(7)13/h1-2,4,6-7,9H,3H2. The van der Waals surface area contributed by atoms with Crippen LogP contribution in [0.4, 0.5) is 0 Å². The van der Waals surface area contributed by atoms with Crippen LogP contribution in [0.5, 0.6) is 0 Å². The average molecular weight is 226 g/mol. The van der Waals surface area contributed by atoms with Crippen LogP contribution in [0.3, 0.4) is 0 Å². The van der Waals surface area contributed by atoms with Crippen molar-refractivity contribution in [3.63, 3.8) is 0 Å². The summed E-state index contributed by atoms with van der Waals surface area (Å²) in [5.74, 6) is -0.177. The average Bonchev–Trinajstić information content (AvgIpc) is 2.98. The van der Waals surface area contributed by atoms with Gasteiger partial charge in [0.1, 0.15) is 5.78 Å². The molecule has 4 unspecified atom stereocenters. The fourth-order valence-corrected chi connectivity index (χ4v) is 3.08. The maximum absolute atomic E-state index is 11.2. The van der Waals surface area contributed by atoms with Crippen molar-refractivity contribution in [2.75, 3.05) is 0 Å². The molecule has 0 N–H and O–H groups in total. The molecule has 2 fully saturated rings. The minimum atomic E-state index is -0.651. The van der Waals surface area contributed by atoms with Gasteiger partial charge in [-0.2, -0.15) is 0 Å². The first-order valence-corrected chi connectivity index (χ1v) is 5.18. The molecule has 0 spiro atoms. The number of ketones is 1. The third-order valence-corrected chi connectivity index (χ3v) is 3.87. The summed E-state index contributed by atoms with van der Waals surface area (Å²) in [5.41, 5.74) is -0.591. The predicted molar refractivity (Wildman–Crippen MR) is 52.9 cm³/mol. The Hall–Kier alpha value is -1.16. The Labute approximate surface area is 90.7 Å². The quantitative estimate of drug-likeness (QED) is 0.529. The van der Waals surface area contributed by atoms with E-state index in [-0.39, 0.29) is 22.5 Å². The van der Waals surface area contributed by atoms with Crippen LogP contribution in [0.25, 0.3) is 0 Å². The molecule has 4 atom stereocenters. The second-order valence-corrected chi connectivity index (χ2v) is 4.80. The first-order valence-electron chi connectivity index (χ1n) is 4.80. The Kier molecular flexibility index (Phi) is 1.51. The molecule has 3 aliphatic rings. The Morgan fingerprint density at radius 2 is 2.27 bits per heavy atom. The zero-order valence-corrected chi connectivity index (χ0v) is 8.48. The fraction of sp³-hybridized carbons (Fsp3) is 0.500.